The number of nitrogens with zero attached hydrogens (tertiary/aromatic N) is 1. The van der Waals surface area contributed by atoms with E-state index in [1.807, 2.05) is 25.7 Å². The minimum atomic E-state index is -0.552. The Balaban J connectivity index is 1.70. The largest absolute Gasteiger partial charge is 0.444 e. The van der Waals surface area contributed by atoms with Gasteiger partial charge in [-0.3, -0.25) is 10.1 Å². The Morgan fingerprint density at radius 3 is 2.56 bits per heavy atom. The van der Waals surface area contributed by atoms with Gasteiger partial charge in [0.05, 0.1) is 6.04 Å². The molecule has 1 aliphatic heterocycles. The van der Waals surface area contributed by atoms with Gasteiger partial charge in [0.1, 0.15) is 5.60 Å². The lowest BCUT2D eigenvalue weighted by atomic mass is 9.97. The number of thiophene rings is 1. The van der Waals surface area contributed by atoms with Crippen LogP contribution in [0.1, 0.15) is 61.0 Å². The van der Waals surface area contributed by atoms with Crippen LogP contribution in [0.3, 0.4) is 0 Å². The summed E-state index contributed by atoms with van der Waals surface area (Å²) < 4.78 is 5.24. The van der Waals surface area contributed by atoms with Crippen LogP contribution in [0.25, 0.3) is 0 Å². The summed E-state index contributed by atoms with van der Waals surface area (Å²) in [7, 11) is 0. The van der Waals surface area contributed by atoms with Crippen LogP contribution in [0.5, 0.6) is 0 Å². The quantitative estimate of drug-likeness (QED) is 0.784. The zero-order valence-corrected chi connectivity index (χ0v) is 17.1. The first-order chi connectivity index (χ1) is 12.8. The number of anilines is 1. The SMILES string of the molecule is CCC1c2ccsc2CCN1C(=O)c1ccc(NC(=O)OC(C)(C)C)cc1. The predicted octanol–water partition coefficient (Wildman–Crippen LogP) is 5.24. The molecule has 1 aromatic heterocycles. The predicted molar refractivity (Wildman–Crippen MR) is 108 cm³/mol. The molecule has 0 radical (unpaired) electrons. The molecule has 0 saturated carbocycles. The Morgan fingerprint density at radius 2 is 1.93 bits per heavy atom. The summed E-state index contributed by atoms with van der Waals surface area (Å²) in [4.78, 5) is 28.3. The summed E-state index contributed by atoms with van der Waals surface area (Å²) in [6.07, 6.45) is 1.30. The summed E-state index contributed by atoms with van der Waals surface area (Å²) in [6, 6.07) is 9.25. The van der Waals surface area contributed by atoms with Gasteiger partial charge in [-0.15, -0.1) is 11.3 Å². The van der Waals surface area contributed by atoms with Crippen LogP contribution in [0, 0.1) is 0 Å². The van der Waals surface area contributed by atoms with Gasteiger partial charge in [-0.1, -0.05) is 6.92 Å². The van der Waals surface area contributed by atoms with Gasteiger partial charge in [-0.2, -0.15) is 0 Å². The van der Waals surface area contributed by atoms with Crippen molar-refractivity contribution in [2.45, 2.75) is 52.2 Å². The van der Waals surface area contributed by atoms with Gasteiger partial charge in [0.2, 0.25) is 0 Å². The van der Waals surface area contributed by atoms with E-state index >= 15 is 0 Å². The lowest BCUT2D eigenvalue weighted by Crippen LogP contribution is -2.39. The van der Waals surface area contributed by atoms with E-state index in [9.17, 15) is 9.59 Å². The number of nitrogens with one attached hydrogen (secondary N) is 1. The van der Waals surface area contributed by atoms with Crippen LogP contribution < -0.4 is 5.32 Å². The molecule has 1 aliphatic rings. The van der Waals surface area contributed by atoms with E-state index in [0.717, 1.165) is 19.4 Å². The molecule has 2 heterocycles. The third-order valence-corrected chi connectivity index (χ3v) is 5.52. The highest BCUT2D eigenvalue weighted by atomic mass is 32.1. The summed E-state index contributed by atoms with van der Waals surface area (Å²) >= 11 is 1.78. The average molecular weight is 387 g/mol. The van der Waals surface area contributed by atoms with E-state index in [4.69, 9.17) is 4.74 Å². The van der Waals surface area contributed by atoms with E-state index in [1.54, 1.807) is 35.6 Å². The number of hydrogen-bond donors (Lipinski definition) is 1. The first kappa shape index (κ1) is 19.4. The highest BCUT2D eigenvalue weighted by molar-refractivity contribution is 7.10. The molecule has 0 aliphatic carbocycles. The topological polar surface area (TPSA) is 58.6 Å². The van der Waals surface area contributed by atoms with Gasteiger partial charge in [0, 0.05) is 22.7 Å². The third kappa shape index (κ3) is 4.50. The Labute approximate surface area is 164 Å². The standard InChI is InChI=1S/C21H26N2O3S/c1-5-17-16-11-13-27-18(16)10-12-23(17)19(24)14-6-8-15(9-7-14)22-20(25)26-21(2,3)4/h6-9,11,13,17H,5,10,12H2,1-4H3,(H,22,25). The fraction of sp³-hybridized carbons (Fsp3) is 0.429. The zero-order valence-electron chi connectivity index (χ0n) is 16.2. The second-order valence-electron chi connectivity index (χ2n) is 7.68. The van der Waals surface area contributed by atoms with Crippen molar-refractivity contribution in [2.24, 2.45) is 0 Å². The van der Waals surface area contributed by atoms with E-state index in [-0.39, 0.29) is 11.9 Å². The van der Waals surface area contributed by atoms with Gasteiger partial charge in [-0.25, -0.2) is 4.79 Å². The lowest BCUT2D eigenvalue weighted by molar-refractivity contribution is 0.0633. The van der Waals surface area contributed by atoms with Crippen molar-refractivity contribution in [3.05, 3.63) is 51.7 Å². The monoisotopic (exact) mass is 386 g/mol. The normalized spacial score (nSPS) is 16.6. The number of benzene rings is 1. The van der Waals surface area contributed by atoms with Crippen molar-refractivity contribution in [2.75, 3.05) is 11.9 Å². The number of carbonyl (C=O) groups is 2. The van der Waals surface area contributed by atoms with E-state index in [0.29, 0.717) is 11.3 Å². The minimum Gasteiger partial charge on any atom is -0.444 e. The van der Waals surface area contributed by atoms with E-state index in [2.05, 4.69) is 23.7 Å². The number of ether oxygens (including phenoxy) is 1. The molecule has 6 heteroatoms. The Morgan fingerprint density at radius 1 is 1.22 bits per heavy atom. The van der Waals surface area contributed by atoms with Gasteiger partial charge >= 0.3 is 6.09 Å². The van der Waals surface area contributed by atoms with Crippen LogP contribution in [0.4, 0.5) is 10.5 Å². The second-order valence-corrected chi connectivity index (χ2v) is 8.68. The van der Waals surface area contributed by atoms with Gasteiger partial charge in [0.25, 0.3) is 5.91 Å². The summed E-state index contributed by atoms with van der Waals surface area (Å²) in [5.74, 6) is 0.0301. The van der Waals surface area contributed by atoms with Gasteiger partial charge in [-0.05, 0) is 74.9 Å². The molecule has 27 heavy (non-hydrogen) atoms. The Bertz CT molecular complexity index is 821. The van der Waals surface area contributed by atoms with Crippen molar-refractivity contribution in [3.63, 3.8) is 0 Å². The van der Waals surface area contributed by atoms with Crippen molar-refractivity contribution >= 4 is 29.0 Å². The molecule has 3 rings (SSSR count). The summed E-state index contributed by atoms with van der Waals surface area (Å²) in [6.45, 7) is 8.30. The molecule has 1 N–H and O–H groups in total. The van der Waals surface area contributed by atoms with E-state index < -0.39 is 11.7 Å². The van der Waals surface area contributed by atoms with Crippen molar-refractivity contribution in [3.8, 4) is 0 Å². The Hall–Kier alpha value is -2.34. The summed E-state index contributed by atoms with van der Waals surface area (Å²) in [5.41, 5.74) is 1.96. The molecular weight excluding hydrogens is 360 g/mol. The molecule has 2 aromatic rings. The molecule has 1 aromatic carbocycles. The van der Waals surface area contributed by atoms with Crippen LogP contribution in [-0.4, -0.2) is 29.0 Å². The molecule has 144 valence electrons. The number of carbonyl (C=O) groups excluding carboxylic acids is 2. The maximum atomic E-state index is 13.0. The third-order valence-electron chi connectivity index (χ3n) is 4.52. The molecule has 5 nitrogen and oxygen atoms in total. The fourth-order valence-electron chi connectivity index (χ4n) is 3.36. The maximum Gasteiger partial charge on any atom is 0.412 e. The number of amides is 2. The number of rotatable bonds is 3. The van der Waals surface area contributed by atoms with Gasteiger partial charge < -0.3 is 9.64 Å². The van der Waals surface area contributed by atoms with E-state index in [1.165, 1.54) is 10.4 Å². The van der Waals surface area contributed by atoms with Crippen molar-refractivity contribution in [1.82, 2.24) is 4.90 Å². The number of hydrogen-bond acceptors (Lipinski definition) is 4. The second kappa shape index (κ2) is 7.72. The van der Waals surface area contributed by atoms with Crippen LogP contribution in [0.2, 0.25) is 0 Å². The first-order valence-corrected chi connectivity index (χ1v) is 10.1. The highest BCUT2D eigenvalue weighted by Crippen LogP contribution is 2.36. The molecule has 1 unspecified atom stereocenters. The van der Waals surface area contributed by atoms with Crippen molar-refractivity contribution in [1.29, 1.82) is 0 Å². The molecule has 2 amide bonds. The fourth-order valence-corrected chi connectivity index (χ4v) is 4.29. The lowest BCUT2D eigenvalue weighted by Gasteiger charge is -2.35. The average Bonchev–Trinajstić information content (AvgIpc) is 3.08. The molecule has 0 spiro atoms. The van der Waals surface area contributed by atoms with Crippen LogP contribution in [0.15, 0.2) is 35.7 Å². The molecule has 1 atom stereocenters. The first-order valence-electron chi connectivity index (χ1n) is 9.26. The maximum absolute atomic E-state index is 13.0. The molecular formula is C21H26N2O3S. The van der Waals surface area contributed by atoms with Crippen molar-refractivity contribution < 1.29 is 14.3 Å². The van der Waals surface area contributed by atoms with Crippen LogP contribution >= 0.6 is 11.3 Å². The highest BCUT2D eigenvalue weighted by Gasteiger charge is 2.30. The number of fused-ring (bicyclic) bond motifs is 1. The van der Waals surface area contributed by atoms with Crippen LogP contribution in [-0.2, 0) is 11.2 Å². The minimum absolute atomic E-state index is 0.0301. The Kier molecular flexibility index (Phi) is 5.56. The molecule has 0 bridgehead atoms. The summed E-state index contributed by atoms with van der Waals surface area (Å²) in [5, 5.41) is 4.80. The van der Waals surface area contributed by atoms with Gasteiger partial charge in [0.15, 0.2) is 0 Å². The molecule has 0 saturated heterocycles. The molecule has 0 fully saturated rings. The zero-order chi connectivity index (χ0) is 19.6. The smallest absolute Gasteiger partial charge is 0.412 e.